The number of hydrogen-bond donors (Lipinski definition) is 1. The summed E-state index contributed by atoms with van der Waals surface area (Å²) in [6.07, 6.45) is 10.2. The number of aryl methyl sites for hydroxylation is 1. The quantitative estimate of drug-likeness (QED) is 0.363. The third-order valence-electron chi connectivity index (χ3n) is 6.10. The number of halogens is 1. The van der Waals surface area contributed by atoms with Gasteiger partial charge >= 0.3 is 0 Å². The fourth-order valence-corrected chi connectivity index (χ4v) is 4.84. The van der Waals surface area contributed by atoms with Crippen LogP contribution in [-0.2, 0) is 6.54 Å². The molecule has 5 heteroatoms. The Morgan fingerprint density at radius 2 is 1.79 bits per heavy atom. The molecule has 0 saturated heterocycles. The van der Waals surface area contributed by atoms with Gasteiger partial charge in [-0.3, -0.25) is 4.40 Å². The maximum atomic E-state index is 4.94. The van der Waals surface area contributed by atoms with E-state index in [4.69, 9.17) is 4.98 Å². The maximum Gasteiger partial charge on any atom is 0.215 e. The molecule has 5 rings (SSSR count). The van der Waals surface area contributed by atoms with E-state index in [0.717, 1.165) is 35.3 Å². The Morgan fingerprint density at radius 3 is 2.62 bits per heavy atom. The summed E-state index contributed by atoms with van der Waals surface area (Å²) in [5.41, 5.74) is 4.67. The summed E-state index contributed by atoms with van der Waals surface area (Å²) in [6, 6.07) is 17.7. The zero-order valence-corrected chi connectivity index (χ0v) is 18.2. The van der Waals surface area contributed by atoms with Crippen LogP contribution in [-0.4, -0.2) is 26.5 Å². The van der Waals surface area contributed by atoms with Gasteiger partial charge in [-0.1, -0.05) is 59.5 Å². The maximum absolute atomic E-state index is 4.94. The van der Waals surface area contributed by atoms with Gasteiger partial charge in [0.2, 0.25) is 5.78 Å². The average molecular weight is 451 g/mol. The molecular weight excluding hydrogens is 424 g/mol. The number of rotatable bonds is 6. The van der Waals surface area contributed by atoms with Gasteiger partial charge in [0.1, 0.15) is 0 Å². The minimum Gasteiger partial charge on any atom is -0.314 e. The van der Waals surface area contributed by atoms with Gasteiger partial charge in [0, 0.05) is 23.3 Å². The molecule has 1 saturated carbocycles. The van der Waals surface area contributed by atoms with Crippen LogP contribution in [0.25, 0.3) is 28.1 Å². The van der Waals surface area contributed by atoms with E-state index in [2.05, 4.69) is 84.9 Å². The monoisotopic (exact) mass is 450 g/mol. The Hall–Kier alpha value is -2.11. The Morgan fingerprint density at radius 1 is 1.00 bits per heavy atom. The second kappa shape index (κ2) is 8.33. The Bertz CT molecular complexity index is 1100. The molecule has 2 aromatic carbocycles. The number of nitrogens with one attached hydrogen (secondary N) is 1. The molecule has 0 amide bonds. The molecule has 1 aliphatic rings. The first-order chi connectivity index (χ1) is 14.3. The summed E-state index contributed by atoms with van der Waals surface area (Å²) in [5, 5.41) is 3.78. The second-order valence-electron chi connectivity index (χ2n) is 8.09. The lowest BCUT2D eigenvalue weighted by Gasteiger charge is -2.22. The lowest BCUT2D eigenvalue weighted by atomic mass is 9.95. The molecule has 1 N–H and O–H groups in total. The summed E-state index contributed by atoms with van der Waals surface area (Å²) in [6.45, 7) is 2.03. The first-order valence-electron chi connectivity index (χ1n) is 10.8. The van der Waals surface area contributed by atoms with E-state index in [1.54, 1.807) is 0 Å². The van der Waals surface area contributed by atoms with Gasteiger partial charge < -0.3 is 9.88 Å². The number of fused-ring (bicyclic) bond motifs is 3. The van der Waals surface area contributed by atoms with Crippen LogP contribution in [0.1, 0.15) is 38.5 Å². The van der Waals surface area contributed by atoms with Crippen molar-refractivity contribution < 1.29 is 0 Å². The van der Waals surface area contributed by atoms with Gasteiger partial charge in [0.25, 0.3) is 0 Å². The highest BCUT2D eigenvalue weighted by atomic mass is 79.9. The smallest absolute Gasteiger partial charge is 0.215 e. The van der Waals surface area contributed by atoms with Crippen molar-refractivity contribution in [3.8, 4) is 11.3 Å². The molecular formula is C24H27BrN4. The lowest BCUT2D eigenvalue weighted by molar-refractivity contribution is 0.369. The predicted octanol–water partition coefficient (Wildman–Crippen LogP) is 6.03. The van der Waals surface area contributed by atoms with Crippen LogP contribution in [0, 0.1) is 0 Å². The van der Waals surface area contributed by atoms with E-state index in [-0.39, 0.29) is 0 Å². The molecule has 0 aliphatic heterocycles. The fraction of sp³-hybridized carbons (Fsp3) is 0.375. The molecule has 1 fully saturated rings. The highest BCUT2D eigenvalue weighted by Gasteiger charge is 2.16. The van der Waals surface area contributed by atoms with Crippen LogP contribution >= 0.6 is 15.9 Å². The van der Waals surface area contributed by atoms with Crippen molar-refractivity contribution in [2.24, 2.45) is 0 Å². The first-order valence-corrected chi connectivity index (χ1v) is 11.5. The van der Waals surface area contributed by atoms with Crippen LogP contribution < -0.4 is 5.32 Å². The van der Waals surface area contributed by atoms with E-state index in [1.807, 2.05) is 0 Å². The van der Waals surface area contributed by atoms with Crippen molar-refractivity contribution >= 4 is 32.7 Å². The average Bonchev–Trinajstić information content (AvgIpc) is 3.29. The number of para-hydroxylation sites is 2. The number of aromatic nitrogens is 3. The van der Waals surface area contributed by atoms with E-state index in [1.165, 1.54) is 48.9 Å². The van der Waals surface area contributed by atoms with Crippen molar-refractivity contribution in [1.82, 2.24) is 19.3 Å². The summed E-state index contributed by atoms with van der Waals surface area (Å²) in [5.74, 6) is 1.03. The van der Waals surface area contributed by atoms with Crippen molar-refractivity contribution in [3.63, 3.8) is 0 Å². The number of imidazole rings is 2. The molecule has 150 valence electrons. The zero-order chi connectivity index (χ0) is 19.6. The molecule has 2 heterocycles. The van der Waals surface area contributed by atoms with E-state index < -0.39 is 0 Å². The van der Waals surface area contributed by atoms with Gasteiger partial charge in [-0.25, -0.2) is 4.98 Å². The van der Waals surface area contributed by atoms with Crippen molar-refractivity contribution in [1.29, 1.82) is 0 Å². The Labute approximate surface area is 180 Å². The molecule has 2 aromatic heterocycles. The normalized spacial score (nSPS) is 15.5. The SMILES string of the molecule is Brc1ccc(-c2cn3c4ccccc4nc3n2CCCNC2CCCCC2)cc1. The molecule has 0 radical (unpaired) electrons. The molecule has 0 atom stereocenters. The lowest BCUT2D eigenvalue weighted by Crippen LogP contribution is -2.32. The Balaban J connectivity index is 1.44. The highest BCUT2D eigenvalue weighted by molar-refractivity contribution is 9.10. The molecule has 1 aliphatic carbocycles. The molecule has 0 bridgehead atoms. The molecule has 29 heavy (non-hydrogen) atoms. The summed E-state index contributed by atoms with van der Waals surface area (Å²) in [7, 11) is 0. The topological polar surface area (TPSA) is 34.3 Å². The van der Waals surface area contributed by atoms with E-state index in [9.17, 15) is 0 Å². The molecule has 4 nitrogen and oxygen atoms in total. The second-order valence-corrected chi connectivity index (χ2v) is 9.00. The first kappa shape index (κ1) is 18.9. The van der Waals surface area contributed by atoms with Crippen LogP contribution in [0.2, 0.25) is 0 Å². The van der Waals surface area contributed by atoms with Crippen molar-refractivity contribution in [3.05, 3.63) is 59.2 Å². The molecule has 4 aromatic rings. The van der Waals surface area contributed by atoms with Gasteiger partial charge in [0.15, 0.2) is 0 Å². The van der Waals surface area contributed by atoms with Crippen LogP contribution in [0.15, 0.2) is 59.2 Å². The highest BCUT2D eigenvalue weighted by Crippen LogP contribution is 2.28. The minimum absolute atomic E-state index is 0.716. The third kappa shape index (κ3) is 3.86. The number of benzene rings is 2. The Kier molecular flexibility index (Phi) is 5.42. The minimum atomic E-state index is 0.716. The summed E-state index contributed by atoms with van der Waals surface area (Å²) >= 11 is 3.55. The zero-order valence-electron chi connectivity index (χ0n) is 16.6. The van der Waals surface area contributed by atoms with Crippen LogP contribution in [0.3, 0.4) is 0 Å². The van der Waals surface area contributed by atoms with E-state index >= 15 is 0 Å². The predicted molar refractivity (Wildman–Crippen MR) is 123 cm³/mol. The van der Waals surface area contributed by atoms with Gasteiger partial charge in [0.05, 0.1) is 16.7 Å². The number of nitrogens with zero attached hydrogens (tertiary/aromatic N) is 3. The summed E-state index contributed by atoms with van der Waals surface area (Å²) in [4.78, 5) is 4.94. The fourth-order valence-electron chi connectivity index (χ4n) is 4.57. The van der Waals surface area contributed by atoms with Crippen molar-refractivity contribution in [2.75, 3.05) is 6.54 Å². The van der Waals surface area contributed by atoms with Crippen LogP contribution in [0.5, 0.6) is 0 Å². The van der Waals surface area contributed by atoms with Gasteiger partial charge in [-0.05, 0) is 55.6 Å². The van der Waals surface area contributed by atoms with Crippen LogP contribution in [0.4, 0.5) is 0 Å². The van der Waals surface area contributed by atoms with E-state index in [0.29, 0.717) is 6.04 Å². The number of hydrogen-bond acceptors (Lipinski definition) is 2. The van der Waals surface area contributed by atoms with Crippen molar-refractivity contribution in [2.45, 2.75) is 51.1 Å². The van der Waals surface area contributed by atoms with Gasteiger partial charge in [-0.15, -0.1) is 0 Å². The van der Waals surface area contributed by atoms with Gasteiger partial charge in [-0.2, -0.15) is 0 Å². The third-order valence-corrected chi connectivity index (χ3v) is 6.63. The largest absolute Gasteiger partial charge is 0.314 e. The summed E-state index contributed by atoms with van der Waals surface area (Å²) < 4.78 is 5.72. The molecule has 0 unspecified atom stereocenters. The molecule has 0 spiro atoms. The standard InChI is InChI=1S/C24H27BrN4/c25-19-13-11-18(12-14-19)23-17-29-22-10-5-4-9-21(22)27-24(29)28(23)16-6-15-26-20-7-2-1-3-8-20/h4-5,9-14,17,20,26H,1-3,6-8,15-16H2.